The quantitative estimate of drug-likeness (QED) is 0.464. The molecular formula is C10H12FN3O3. The topological polar surface area (TPSA) is 98.5 Å². The molecule has 0 fully saturated rings. The normalized spacial score (nSPS) is 13.6. The van der Waals surface area contributed by atoms with E-state index in [0.717, 1.165) is 12.1 Å². The summed E-state index contributed by atoms with van der Waals surface area (Å²) in [6.45, 7) is -0.295. The molecule has 0 heterocycles. The fraction of sp³-hybridized carbons (Fsp3) is 0.400. The average molecular weight is 241 g/mol. The van der Waals surface area contributed by atoms with Gasteiger partial charge >= 0.3 is 0 Å². The van der Waals surface area contributed by atoms with Crippen LogP contribution in [0.4, 0.5) is 4.39 Å². The average Bonchev–Trinajstić information content (AvgIpc) is 2.34. The van der Waals surface area contributed by atoms with Crippen LogP contribution in [0.25, 0.3) is 10.4 Å². The van der Waals surface area contributed by atoms with E-state index in [1.807, 2.05) is 0 Å². The van der Waals surface area contributed by atoms with Crippen molar-refractivity contribution in [3.05, 3.63) is 40.0 Å². The Bertz CT molecular complexity index is 435. The van der Waals surface area contributed by atoms with Crippen LogP contribution in [-0.4, -0.2) is 30.0 Å². The highest BCUT2D eigenvalue weighted by Gasteiger charge is 2.19. The number of methoxy groups -OCH3 is 1. The van der Waals surface area contributed by atoms with E-state index >= 15 is 0 Å². The molecule has 7 heteroatoms. The Hall–Kier alpha value is -1.82. The Labute approximate surface area is 96.9 Å². The molecule has 1 rings (SSSR count). The van der Waals surface area contributed by atoms with Crippen LogP contribution in [0.15, 0.2) is 23.3 Å². The van der Waals surface area contributed by atoms with Gasteiger partial charge < -0.3 is 14.9 Å². The van der Waals surface area contributed by atoms with Gasteiger partial charge in [-0.25, -0.2) is 4.39 Å². The number of aliphatic hydroxyl groups is 2. The lowest BCUT2D eigenvalue weighted by atomic mass is 10.0. The summed E-state index contributed by atoms with van der Waals surface area (Å²) in [7, 11) is 1.36. The molecular weight excluding hydrogens is 229 g/mol. The summed E-state index contributed by atoms with van der Waals surface area (Å²) in [5.41, 5.74) is 8.23. The molecule has 0 radical (unpaired) electrons. The minimum Gasteiger partial charge on any atom is -0.497 e. The third kappa shape index (κ3) is 3.60. The van der Waals surface area contributed by atoms with Crippen molar-refractivity contribution in [2.75, 3.05) is 13.7 Å². The van der Waals surface area contributed by atoms with Gasteiger partial charge in [0.05, 0.1) is 19.8 Å². The minimum atomic E-state index is -1.34. The molecule has 0 amide bonds. The van der Waals surface area contributed by atoms with Crippen LogP contribution < -0.4 is 4.74 Å². The number of ether oxygens (including phenoxy) is 1. The molecule has 1 aromatic rings. The first-order chi connectivity index (χ1) is 8.08. The number of aliphatic hydroxyl groups excluding tert-OH is 2. The number of halogens is 1. The van der Waals surface area contributed by atoms with Gasteiger partial charge in [0.15, 0.2) is 0 Å². The molecule has 2 N–H and O–H groups in total. The van der Waals surface area contributed by atoms with Crippen molar-refractivity contribution in [2.24, 2.45) is 5.11 Å². The zero-order valence-corrected chi connectivity index (χ0v) is 9.12. The van der Waals surface area contributed by atoms with Gasteiger partial charge in [-0.3, -0.25) is 0 Å². The molecule has 0 saturated carbocycles. The van der Waals surface area contributed by atoms with Crippen molar-refractivity contribution in [3.63, 3.8) is 0 Å². The fourth-order valence-electron chi connectivity index (χ4n) is 1.32. The number of nitrogens with zero attached hydrogens (tertiary/aromatic N) is 3. The molecule has 2 unspecified atom stereocenters. The number of benzene rings is 1. The lowest BCUT2D eigenvalue weighted by molar-refractivity contribution is 0.0241. The molecule has 0 saturated heterocycles. The van der Waals surface area contributed by atoms with Gasteiger partial charge in [0.2, 0.25) is 0 Å². The van der Waals surface area contributed by atoms with Crippen LogP contribution in [0.1, 0.15) is 11.7 Å². The maximum absolute atomic E-state index is 13.1. The number of hydrogen-bond donors (Lipinski definition) is 2. The lowest BCUT2D eigenvalue weighted by Gasteiger charge is -2.17. The smallest absolute Gasteiger partial charge is 0.127 e. The van der Waals surface area contributed by atoms with Crippen molar-refractivity contribution in [3.8, 4) is 5.75 Å². The second-order valence-electron chi connectivity index (χ2n) is 3.35. The SMILES string of the molecule is COc1cc(F)cc(C(O)C(O)CN=[N+]=[N-])c1. The maximum Gasteiger partial charge on any atom is 0.127 e. The number of azide groups is 1. The number of rotatable bonds is 5. The monoisotopic (exact) mass is 241 g/mol. The molecule has 0 aromatic heterocycles. The summed E-state index contributed by atoms with van der Waals surface area (Å²) >= 11 is 0. The third-order valence-electron chi connectivity index (χ3n) is 2.17. The van der Waals surface area contributed by atoms with Crippen molar-refractivity contribution in [1.29, 1.82) is 0 Å². The molecule has 0 aliphatic carbocycles. The first-order valence-electron chi connectivity index (χ1n) is 4.80. The highest BCUT2D eigenvalue weighted by atomic mass is 19.1. The standard InChI is InChI=1S/C10H12FN3O3/c1-17-8-3-6(2-7(11)4-8)10(16)9(15)5-13-14-12/h2-4,9-10,15-16H,5H2,1H3. The molecule has 92 valence electrons. The highest BCUT2D eigenvalue weighted by Crippen LogP contribution is 2.23. The maximum atomic E-state index is 13.1. The van der Waals surface area contributed by atoms with Crippen LogP contribution in [0.2, 0.25) is 0 Å². The van der Waals surface area contributed by atoms with Crippen molar-refractivity contribution >= 4 is 0 Å². The Morgan fingerprint density at radius 2 is 2.18 bits per heavy atom. The molecule has 0 bridgehead atoms. The van der Waals surface area contributed by atoms with Gasteiger partial charge in [0.1, 0.15) is 17.7 Å². The Balaban J connectivity index is 2.90. The van der Waals surface area contributed by atoms with Crippen molar-refractivity contribution in [2.45, 2.75) is 12.2 Å². The molecule has 6 nitrogen and oxygen atoms in total. The highest BCUT2D eigenvalue weighted by molar-refractivity contribution is 5.31. The van der Waals surface area contributed by atoms with E-state index in [-0.39, 0.29) is 17.9 Å². The summed E-state index contributed by atoms with van der Waals surface area (Å²) in [6.07, 6.45) is -2.64. The van der Waals surface area contributed by atoms with Gasteiger partial charge in [-0.05, 0) is 23.2 Å². The summed E-state index contributed by atoms with van der Waals surface area (Å²) in [4.78, 5) is 2.46. The Morgan fingerprint density at radius 1 is 1.47 bits per heavy atom. The van der Waals surface area contributed by atoms with E-state index in [1.165, 1.54) is 13.2 Å². The van der Waals surface area contributed by atoms with E-state index in [0.29, 0.717) is 0 Å². The Kier molecular flexibility index (Phi) is 4.71. The van der Waals surface area contributed by atoms with E-state index in [2.05, 4.69) is 10.0 Å². The van der Waals surface area contributed by atoms with Gasteiger partial charge in [0.25, 0.3) is 0 Å². The van der Waals surface area contributed by atoms with Crippen molar-refractivity contribution in [1.82, 2.24) is 0 Å². The van der Waals surface area contributed by atoms with Crippen molar-refractivity contribution < 1.29 is 19.3 Å². The third-order valence-corrected chi connectivity index (χ3v) is 2.17. The zero-order valence-electron chi connectivity index (χ0n) is 9.12. The number of hydrogen-bond acceptors (Lipinski definition) is 4. The van der Waals surface area contributed by atoms with Crippen LogP contribution in [0.5, 0.6) is 5.75 Å². The van der Waals surface area contributed by atoms with Crippen LogP contribution in [-0.2, 0) is 0 Å². The summed E-state index contributed by atoms with van der Waals surface area (Å²) < 4.78 is 18.0. The molecule has 0 aliphatic rings. The lowest BCUT2D eigenvalue weighted by Crippen LogP contribution is -2.21. The summed E-state index contributed by atoms with van der Waals surface area (Å²) in [5, 5.41) is 22.3. The molecule has 2 atom stereocenters. The Morgan fingerprint density at radius 3 is 2.76 bits per heavy atom. The predicted octanol–water partition coefficient (Wildman–Crippen LogP) is 1.54. The van der Waals surface area contributed by atoms with Gasteiger partial charge in [-0.15, -0.1) is 0 Å². The van der Waals surface area contributed by atoms with E-state index in [4.69, 9.17) is 10.3 Å². The first kappa shape index (κ1) is 13.2. The summed E-state index contributed by atoms with van der Waals surface area (Å²) in [6, 6.07) is 3.62. The van der Waals surface area contributed by atoms with E-state index in [1.54, 1.807) is 0 Å². The second-order valence-corrected chi connectivity index (χ2v) is 3.35. The van der Waals surface area contributed by atoms with Gasteiger partial charge in [0, 0.05) is 11.0 Å². The predicted molar refractivity (Wildman–Crippen MR) is 57.9 cm³/mol. The van der Waals surface area contributed by atoms with Crippen LogP contribution in [0.3, 0.4) is 0 Å². The van der Waals surface area contributed by atoms with Crippen LogP contribution >= 0.6 is 0 Å². The molecule has 17 heavy (non-hydrogen) atoms. The second kappa shape index (κ2) is 6.05. The molecule has 0 spiro atoms. The summed E-state index contributed by atoms with van der Waals surface area (Å²) in [5.74, 6) is -0.357. The minimum absolute atomic E-state index is 0.155. The van der Waals surface area contributed by atoms with Gasteiger partial charge in [-0.1, -0.05) is 5.11 Å². The van der Waals surface area contributed by atoms with Gasteiger partial charge in [-0.2, -0.15) is 0 Å². The van der Waals surface area contributed by atoms with E-state index < -0.39 is 18.0 Å². The largest absolute Gasteiger partial charge is 0.497 e. The van der Waals surface area contributed by atoms with Crippen LogP contribution in [0, 0.1) is 5.82 Å². The fourth-order valence-corrected chi connectivity index (χ4v) is 1.32. The first-order valence-corrected chi connectivity index (χ1v) is 4.80. The molecule has 1 aromatic carbocycles. The molecule has 0 aliphatic heterocycles. The zero-order chi connectivity index (χ0) is 12.8. The van der Waals surface area contributed by atoms with E-state index in [9.17, 15) is 14.6 Å².